The number of hydrogen-bond acceptors (Lipinski definition) is 7. The molecule has 0 aromatic carbocycles. The van der Waals surface area contributed by atoms with Crippen molar-refractivity contribution in [3.05, 3.63) is 53.2 Å². The summed E-state index contributed by atoms with van der Waals surface area (Å²) in [6.07, 6.45) is -4.20. The Morgan fingerprint density at radius 3 is 2.15 bits per heavy atom. The fourth-order valence-electron chi connectivity index (χ4n) is 3.93. The quantitative estimate of drug-likeness (QED) is 0.500. The van der Waals surface area contributed by atoms with Gasteiger partial charge in [-0.25, -0.2) is 9.59 Å². The van der Waals surface area contributed by atoms with Gasteiger partial charge in [-0.1, -0.05) is 6.07 Å². The number of pyridine rings is 1. The van der Waals surface area contributed by atoms with E-state index >= 15 is 0 Å². The molecule has 0 aliphatic carbocycles. The van der Waals surface area contributed by atoms with Crippen LogP contribution in [-0.4, -0.2) is 75.8 Å². The average molecular weight is 570 g/mol. The molecule has 2 aliphatic heterocycles. The summed E-state index contributed by atoms with van der Waals surface area (Å²) in [5.41, 5.74) is 2.28. The number of aromatic nitrogens is 1. The standard InChI is InChI=1S/C20H26N2O3.2C2HF3O2/c1-15-7-17(10-21-9-15)12-23-18-5-6-24-20(8-18)13-22(14-20)11-19-4-3-16(2)25-19;2*3-2(4,5)1(6)7/h3-4,7,9-10,18H,5-6,8,11-14H2,1-2H3;2*(H,6,7). The summed E-state index contributed by atoms with van der Waals surface area (Å²) in [4.78, 5) is 24.4. The minimum Gasteiger partial charge on any atom is -0.475 e. The molecule has 0 amide bonds. The lowest BCUT2D eigenvalue weighted by atomic mass is 9.84. The second-order valence-corrected chi connectivity index (χ2v) is 9.09. The largest absolute Gasteiger partial charge is 0.490 e. The van der Waals surface area contributed by atoms with E-state index in [1.807, 2.05) is 25.4 Å². The van der Waals surface area contributed by atoms with E-state index in [1.165, 1.54) is 5.56 Å². The van der Waals surface area contributed by atoms with Crippen molar-refractivity contribution in [3.63, 3.8) is 0 Å². The molecule has 2 N–H and O–H groups in total. The topological polar surface area (TPSA) is 122 Å². The number of carboxylic acid groups (broad SMARTS) is 2. The number of likely N-dealkylation sites (tertiary alicyclic amines) is 1. The van der Waals surface area contributed by atoms with E-state index in [-0.39, 0.29) is 11.7 Å². The van der Waals surface area contributed by atoms with Crippen molar-refractivity contribution in [2.75, 3.05) is 19.7 Å². The molecule has 2 aliphatic rings. The van der Waals surface area contributed by atoms with Crippen molar-refractivity contribution in [3.8, 4) is 0 Å². The third kappa shape index (κ3) is 10.8. The van der Waals surface area contributed by atoms with Gasteiger partial charge in [0.05, 0.1) is 24.9 Å². The highest BCUT2D eigenvalue weighted by molar-refractivity contribution is 5.73. The average Bonchev–Trinajstić information content (AvgIpc) is 3.21. The van der Waals surface area contributed by atoms with Crippen LogP contribution in [-0.2, 0) is 32.2 Å². The predicted molar refractivity (Wildman–Crippen MR) is 122 cm³/mol. The van der Waals surface area contributed by atoms with Crippen LogP contribution >= 0.6 is 0 Å². The first kappa shape index (κ1) is 32.0. The molecule has 4 heterocycles. The third-order valence-electron chi connectivity index (χ3n) is 5.55. The molecule has 9 nitrogen and oxygen atoms in total. The molecule has 15 heteroatoms. The zero-order valence-corrected chi connectivity index (χ0v) is 21.0. The van der Waals surface area contributed by atoms with Gasteiger partial charge in [-0.2, -0.15) is 26.3 Å². The molecule has 2 aromatic heterocycles. The van der Waals surface area contributed by atoms with Crippen LogP contribution < -0.4 is 0 Å². The van der Waals surface area contributed by atoms with E-state index in [1.54, 1.807) is 0 Å². The first-order valence-corrected chi connectivity index (χ1v) is 11.5. The molecule has 2 saturated heterocycles. The van der Waals surface area contributed by atoms with Gasteiger partial charge in [0, 0.05) is 38.5 Å². The van der Waals surface area contributed by atoms with Crippen molar-refractivity contribution in [1.29, 1.82) is 0 Å². The summed E-state index contributed by atoms with van der Waals surface area (Å²) in [7, 11) is 0. The van der Waals surface area contributed by atoms with Crippen LogP contribution in [0.5, 0.6) is 0 Å². The smallest absolute Gasteiger partial charge is 0.475 e. The fraction of sp³-hybridized carbons (Fsp3) is 0.542. The second-order valence-electron chi connectivity index (χ2n) is 9.09. The Labute approximate surface area is 219 Å². The van der Waals surface area contributed by atoms with Crippen molar-refractivity contribution < 1.29 is 60.0 Å². The van der Waals surface area contributed by atoms with E-state index in [4.69, 9.17) is 33.7 Å². The van der Waals surface area contributed by atoms with Crippen LogP contribution in [0.3, 0.4) is 0 Å². The number of nitrogens with zero attached hydrogens (tertiary/aromatic N) is 2. The van der Waals surface area contributed by atoms with Crippen molar-refractivity contribution in [2.24, 2.45) is 0 Å². The number of hydrogen-bond donors (Lipinski definition) is 2. The second kappa shape index (κ2) is 13.3. The molecule has 1 unspecified atom stereocenters. The van der Waals surface area contributed by atoms with Crippen molar-refractivity contribution in [1.82, 2.24) is 9.88 Å². The van der Waals surface area contributed by atoms with Gasteiger partial charge in [0.15, 0.2) is 0 Å². The van der Waals surface area contributed by atoms with Gasteiger partial charge in [-0.05, 0) is 43.5 Å². The maximum Gasteiger partial charge on any atom is 0.490 e. The SMILES string of the molecule is Cc1cncc(COC2CCOC3(C2)CN(Cc2ccc(C)o2)C3)c1.O=C(O)C(F)(F)F.O=C(O)C(F)(F)F. The molecule has 2 aromatic rings. The Morgan fingerprint density at radius 2 is 1.67 bits per heavy atom. The number of carboxylic acids is 2. The van der Waals surface area contributed by atoms with E-state index in [2.05, 4.69) is 28.9 Å². The summed E-state index contributed by atoms with van der Waals surface area (Å²) in [5.74, 6) is -3.51. The van der Waals surface area contributed by atoms with Gasteiger partial charge in [0.1, 0.15) is 11.5 Å². The number of rotatable bonds is 5. The van der Waals surface area contributed by atoms with Crippen molar-refractivity contribution >= 4 is 11.9 Å². The van der Waals surface area contributed by atoms with Gasteiger partial charge in [0.25, 0.3) is 0 Å². The number of carbonyl (C=O) groups is 2. The molecule has 0 bridgehead atoms. The number of aryl methyl sites for hydroxylation is 2. The molecule has 0 radical (unpaired) electrons. The maximum absolute atomic E-state index is 10.6. The van der Waals surface area contributed by atoms with Crippen LogP contribution in [0, 0.1) is 13.8 Å². The highest BCUT2D eigenvalue weighted by atomic mass is 19.4. The highest BCUT2D eigenvalue weighted by Gasteiger charge is 2.48. The van der Waals surface area contributed by atoms with E-state index in [9.17, 15) is 26.3 Å². The Kier molecular flexibility index (Phi) is 10.9. The lowest BCUT2D eigenvalue weighted by Gasteiger charge is -2.53. The highest BCUT2D eigenvalue weighted by Crippen LogP contribution is 2.36. The number of furan rings is 1. The van der Waals surface area contributed by atoms with Gasteiger partial charge >= 0.3 is 24.3 Å². The summed E-state index contributed by atoms with van der Waals surface area (Å²) >= 11 is 0. The zero-order valence-electron chi connectivity index (χ0n) is 21.0. The summed E-state index contributed by atoms with van der Waals surface area (Å²) in [6.45, 7) is 8.23. The number of alkyl halides is 6. The summed E-state index contributed by atoms with van der Waals surface area (Å²) < 4.78 is 81.4. The molecule has 0 saturated carbocycles. The van der Waals surface area contributed by atoms with E-state index in [0.717, 1.165) is 56.2 Å². The molecule has 39 heavy (non-hydrogen) atoms. The number of ether oxygens (including phenoxy) is 2. The number of aliphatic carboxylic acids is 2. The van der Waals surface area contributed by atoms with Crippen LogP contribution in [0.1, 0.15) is 35.5 Å². The van der Waals surface area contributed by atoms with Gasteiger partial charge in [-0.3, -0.25) is 9.88 Å². The Morgan fingerprint density at radius 1 is 1.08 bits per heavy atom. The molecular formula is C24H28F6N2O7. The predicted octanol–water partition coefficient (Wildman–Crippen LogP) is 4.51. The molecule has 2 fully saturated rings. The van der Waals surface area contributed by atoms with Crippen LogP contribution in [0.2, 0.25) is 0 Å². The Hall–Kier alpha value is -3.17. The van der Waals surface area contributed by atoms with Gasteiger partial charge < -0.3 is 24.1 Å². The monoisotopic (exact) mass is 570 g/mol. The minimum atomic E-state index is -5.08. The van der Waals surface area contributed by atoms with Crippen LogP contribution in [0.25, 0.3) is 0 Å². The molecule has 218 valence electrons. The number of halogens is 6. The normalized spacial score (nSPS) is 18.7. The lowest BCUT2D eigenvalue weighted by Crippen LogP contribution is -2.65. The zero-order chi connectivity index (χ0) is 29.4. The van der Waals surface area contributed by atoms with Crippen LogP contribution in [0.15, 0.2) is 35.0 Å². The van der Waals surface area contributed by atoms with Crippen LogP contribution in [0.4, 0.5) is 26.3 Å². The first-order chi connectivity index (χ1) is 18.0. The van der Waals surface area contributed by atoms with E-state index in [0.29, 0.717) is 6.61 Å². The Bertz CT molecular complexity index is 1070. The van der Waals surface area contributed by atoms with Crippen molar-refractivity contribution in [2.45, 2.75) is 63.9 Å². The lowest BCUT2D eigenvalue weighted by molar-refractivity contribution is -0.201. The maximum atomic E-state index is 10.6. The van der Waals surface area contributed by atoms with Gasteiger partial charge in [0.2, 0.25) is 0 Å². The molecule has 4 rings (SSSR count). The summed E-state index contributed by atoms with van der Waals surface area (Å²) in [6, 6.07) is 6.22. The van der Waals surface area contributed by atoms with E-state index < -0.39 is 24.3 Å². The first-order valence-electron chi connectivity index (χ1n) is 11.5. The fourth-order valence-corrected chi connectivity index (χ4v) is 3.93. The molecular weight excluding hydrogens is 542 g/mol. The molecule has 1 atom stereocenters. The third-order valence-corrected chi connectivity index (χ3v) is 5.55. The van der Waals surface area contributed by atoms with Gasteiger partial charge in [-0.15, -0.1) is 0 Å². The minimum absolute atomic E-state index is 0.0323. The molecule has 1 spiro atoms. The summed E-state index contributed by atoms with van der Waals surface area (Å²) in [5, 5.41) is 14.2. The Balaban J connectivity index is 0.000000317.